The van der Waals surface area contributed by atoms with Crippen molar-refractivity contribution >= 4 is 5.91 Å². The molecule has 3 nitrogen and oxygen atoms in total. The first kappa shape index (κ1) is 14.8. The summed E-state index contributed by atoms with van der Waals surface area (Å²) in [5.74, 6) is 1.01. The van der Waals surface area contributed by atoms with Gasteiger partial charge in [0.1, 0.15) is 0 Å². The second-order valence-electron chi connectivity index (χ2n) is 6.36. The topological polar surface area (TPSA) is 41.1 Å². The molecule has 1 amide bonds. The summed E-state index contributed by atoms with van der Waals surface area (Å²) in [4.78, 5) is 12.0. The normalized spacial score (nSPS) is 26.4. The van der Waals surface area contributed by atoms with E-state index in [1.165, 1.54) is 57.8 Å². The molecular weight excluding hydrogens is 236 g/mol. The highest BCUT2D eigenvalue weighted by Gasteiger charge is 2.17. The lowest BCUT2D eigenvalue weighted by Gasteiger charge is -2.24. The van der Waals surface area contributed by atoms with Crippen LogP contribution >= 0.6 is 0 Å². The minimum absolute atomic E-state index is 0.288. The summed E-state index contributed by atoms with van der Waals surface area (Å²) >= 11 is 0. The molecule has 3 heteroatoms. The summed E-state index contributed by atoms with van der Waals surface area (Å²) in [6, 6.07) is 0.456. The third-order valence-corrected chi connectivity index (χ3v) is 4.65. The molecule has 0 aromatic carbocycles. The van der Waals surface area contributed by atoms with Crippen LogP contribution in [-0.2, 0) is 4.79 Å². The van der Waals surface area contributed by atoms with Gasteiger partial charge in [0, 0.05) is 12.5 Å². The fraction of sp³-hybridized carbons (Fsp3) is 0.938. The van der Waals surface area contributed by atoms with Gasteiger partial charge in [0.2, 0.25) is 5.91 Å². The standard InChI is InChI=1S/C16H30N2O/c19-16(11-10-14-7-6-12-17-13-14)18-15-8-4-2-1-3-5-9-15/h14-15,17H,1-13H2,(H,18,19). The van der Waals surface area contributed by atoms with Crippen LogP contribution in [0.2, 0.25) is 0 Å². The minimum atomic E-state index is 0.288. The number of hydrogen-bond acceptors (Lipinski definition) is 2. The molecule has 2 aliphatic rings. The Balaban J connectivity index is 1.61. The Morgan fingerprint density at radius 1 is 1.00 bits per heavy atom. The van der Waals surface area contributed by atoms with Crippen LogP contribution in [0.4, 0.5) is 0 Å². The van der Waals surface area contributed by atoms with Crippen LogP contribution in [-0.4, -0.2) is 25.0 Å². The van der Waals surface area contributed by atoms with Crippen LogP contribution in [0.25, 0.3) is 0 Å². The van der Waals surface area contributed by atoms with E-state index < -0.39 is 0 Å². The van der Waals surface area contributed by atoms with Gasteiger partial charge in [0.25, 0.3) is 0 Å². The number of carbonyl (C=O) groups is 1. The lowest BCUT2D eigenvalue weighted by Crippen LogP contribution is -2.36. The fourth-order valence-corrected chi connectivity index (χ4v) is 3.41. The third kappa shape index (κ3) is 5.94. The summed E-state index contributed by atoms with van der Waals surface area (Å²) < 4.78 is 0. The molecule has 1 aliphatic heterocycles. The largest absolute Gasteiger partial charge is 0.353 e. The van der Waals surface area contributed by atoms with Gasteiger partial charge in [-0.2, -0.15) is 0 Å². The second-order valence-corrected chi connectivity index (χ2v) is 6.36. The van der Waals surface area contributed by atoms with E-state index in [2.05, 4.69) is 10.6 Å². The minimum Gasteiger partial charge on any atom is -0.353 e. The zero-order valence-corrected chi connectivity index (χ0v) is 12.3. The highest BCUT2D eigenvalue weighted by atomic mass is 16.1. The summed E-state index contributed by atoms with van der Waals surface area (Å²) in [5, 5.41) is 6.69. The van der Waals surface area contributed by atoms with E-state index in [1.807, 2.05) is 0 Å². The molecule has 1 atom stereocenters. The van der Waals surface area contributed by atoms with Crippen molar-refractivity contribution in [3.63, 3.8) is 0 Å². The Labute approximate surface area is 117 Å². The molecule has 1 saturated carbocycles. The van der Waals surface area contributed by atoms with Crippen molar-refractivity contribution in [1.82, 2.24) is 10.6 Å². The highest BCUT2D eigenvalue weighted by Crippen LogP contribution is 2.18. The molecule has 0 aromatic heterocycles. The Kier molecular flexibility index (Phi) is 6.69. The fourth-order valence-electron chi connectivity index (χ4n) is 3.41. The third-order valence-electron chi connectivity index (χ3n) is 4.65. The maximum Gasteiger partial charge on any atom is 0.220 e. The molecule has 0 bridgehead atoms. The second kappa shape index (κ2) is 8.57. The first-order valence-electron chi connectivity index (χ1n) is 8.34. The average molecular weight is 266 g/mol. The van der Waals surface area contributed by atoms with Crippen LogP contribution in [0.5, 0.6) is 0 Å². The van der Waals surface area contributed by atoms with Crippen molar-refractivity contribution in [3.05, 3.63) is 0 Å². The van der Waals surface area contributed by atoms with Crippen molar-refractivity contribution < 1.29 is 4.79 Å². The first-order valence-corrected chi connectivity index (χ1v) is 8.34. The summed E-state index contributed by atoms with van der Waals surface area (Å²) in [5.41, 5.74) is 0. The van der Waals surface area contributed by atoms with Crippen LogP contribution < -0.4 is 10.6 Å². The van der Waals surface area contributed by atoms with Gasteiger partial charge in [-0.3, -0.25) is 4.79 Å². The van der Waals surface area contributed by atoms with Gasteiger partial charge >= 0.3 is 0 Å². The number of amides is 1. The Morgan fingerprint density at radius 3 is 2.42 bits per heavy atom. The average Bonchev–Trinajstić information content (AvgIpc) is 2.41. The van der Waals surface area contributed by atoms with Crippen LogP contribution in [0.1, 0.15) is 70.6 Å². The number of carbonyl (C=O) groups excluding carboxylic acids is 1. The van der Waals surface area contributed by atoms with Gasteiger partial charge in [-0.25, -0.2) is 0 Å². The molecule has 1 saturated heterocycles. The molecular formula is C16H30N2O. The molecule has 0 spiro atoms. The van der Waals surface area contributed by atoms with Crippen molar-refractivity contribution in [2.24, 2.45) is 5.92 Å². The Bertz CT molecular complexity index is 253. The molecule has 110 valence electrons. The van der Waals surface area contributed by atoms with Gasteiger partial charge in [0.15, 0.2) is 0 Å². The summed E-state index contributed by atoms with van der Waals surface area (Å²) in [7, 11) is 0. The number of piperidine rings is 1. The molecule has 2 N–H and O–H groups in total. The van der Waals surface area contributed by atoms with E-state index in [1.54, 1.807) is 0 Å². The number of nitrogens with one attached hydrogen (secondary N) is 2. The predicted molar refractivity (Wildman–Crippen MR) is 79.1 cm³/mol. The smallest absolute Gasteiger partial charge is 0.220 e. The summed E-state index contributed by atoms with van der Waals surface area (Å²) in [6.07, 6.45) is 13.4. The zero-order valence-electron chi connectivity index (χ0n) is 12.3. The zero-order chi connectivity index (χ0) is 13.3. The number of hydrogen-bond donors (Lipinski definition) is 2. The van der Waals surface area contributed by atoms with Crippen molar-refractivity contribution in [2.45, 2.75) is 76.7 Å². The van der Waals surface area contributed by atoms with Gasteiger partial charge in [-0.15, -0.1) is 0 Å². The summed E-state index contributed by atoms with van der Waals surface area (Å²) in [6.45, 7) is 2.27. The molecule has 0 radical (unpaired) electrons. The van der Waals surface area contributed by atoms with Crippen LogP contribution in [0, 0.1) is 5.92 Å². The van der Waals surface area contributed by atoms with E-state index in [0.717, 1.165) is 31.8 Å². The first-order chi connectivity index (χ1) is 9.34. The monoisotopic (exact) mass is 266 g/mol. The molecule has 1 aliphatic carbocycles. The molecule has 2 fully saturated rings. The van der Waals surface area contributed by atoms with Crippen LogP contribution in [0.3, 0.4) is 0 Å². The molecule has 0 aromatic rings. The highest BCUT2D eigenvalue weighted by molar-refractivity contribution is 5.76. The van der Waals surface area contributed by atoms with Gasteiger partial charge < -0.3 is 10.6 Å². The van der Waals surface area contributed by atoms with Gasteiger partial charge in [0.05, 0.1) is 0 Å². The van der Waals surface area contributed by atoms with Crippen molar-refractivity contribution in [1.29, 1.82) is 0 Å². The van der Waals surface area contributed by atoms with Gasteiger partial charge in [-0.05, 0) is 51.1 Å². The predicted octanol–water partition coefficient (Wildman–Crippen LogP) is 3.00. The lowest BCUT2D eigenvalue weighted by molar-refractivity contribution is -0.122. The lowest BCUT2D eigenvalue weighted by atomic mass is 9.94. The molecule has 1 heterocycles. The van der Waals surface area contributed by atoms with Gasteiger partial charge in [-0.1, -0.05) is 32.1 Å². The van der Waals surface area contributed by atoms with E-state index in [9.17, 15) is 4.79 Å². The van der Waals surface area contributed by atoms with E-state index in [0.29, 0.717) is 6.04 Å². The van der Waals surface area contributed by atoms with Crippen LogP contribution in [0.15, 0.2) is 0 Å². The maximum absolute atomic E-state index is 12.0. The van der Waals surface area contributed by atoms with E-state index in [4.69, 9.17) is 0 Å². The van der Waals surface area contributed by atoms with E-state index in [-0.39, 0.29) is 5.91 Å². The maximum atomic E-state index is 12.0. The van der Waals surface area contributed by atoms with E-state index >= 15 is 0 Å². The Hall–Kier alpha value is -0.570. The Morgan fingerprint density at radius 2 is 1.74 bits per heavy atom. The number of rotatable bonds is 4. The SMILES string of the molecule is O=C(CCC1CCCNC1)NC1CCCCCCC1. The molecule has 2 rings (SSSR count). The van der Waals surface area contributed by atoms with Crippen molar-refractivity contribution in [3.8, 4) is 0 Å². The van der Waals surface area contributed by atoms with Crippen molar-refractivity contribution in [2.75, 3.05) is 13.1 Å². The molecule has 19 heavy (non-hydrogen) atoms. The molecule has 1 unspecified atom stereocenters. The quantitative estimate of drug-likeness (QED) is 0.821.